The van der Waals surface area contributed by atoms with Crippen LogP contribution in [0, 0.1) is 5.82 Å². The predicted molar refractivity (Wildman–Crippen MR) is 71.9 cm³/mol. The van der Waals surface area contributed by atoms with Gasteiger partial charge >= 0.3 is 0 Å². The fourth-order valence-electron chi connectivity index (χ4n) is 2.34. The number of carbonyl (C=O) groups is 1. The molecule has 5 heteroatoms. The first-order chi connectivity index (χ1) is 8.55. The van der Waals surface area contributed by atoms with Gasteiger partial charge in [-0.2, -0.15) is 0 Å². The summed E-state index contributed by atoms with van der Waals surface area (Å²) in [6.07, 6.45) is 3.38. The first-order valence-corrected chi connectivity index (χ1v) is 6.33. The van der Waals surface area contributed by atoms with Gasteiger partial charge < -0.3 is 11.1 Å². The lowest BCUT2D eigenvalue weighted by Gasteiger charge is -2.29. The van der Waals surface area contributed by atoms with Crippen LogP contribution in [0.15, 0.2) is 24.3 Å². The molecule has 0 atom stereocenters. The fraction of sp³-hybridized carbons (Fsp3) is 0.385. The summed E-state index contributed by atoms with van der Waals surface area (Å²) in [5.41, 5.74) is 5.10. The van der Waals surface area contributed by atoms with Crippen molar-refractivity contribution >= 4 is 23.1 Å². The molecular formula is C13H15FN2OS. The van der Waals surface area contributed by atoms with Crippen LogP contribution in [0.5, 0.6) is 0 Å². The topological polar surface area (TPSA) is 55.1 Å². The maximum Gasteiger partial charge on any atom is 0.255 e. The van der Waals surface area contributed by atoms with E-state index in [1.165, 1.54) is 12.1 Å². The van der Waals surface area contributed by atoms with E-state index in [1.54, 1.807) is 12.1 Å². The van der Waals surface area contributed by atoms with Crippen molar-refractivity contribution in [1.29, 1.82) is 0 Å². The van der Waals surface area contributed by atoms with Crippen molar-refractivity contribution < 1.29 is 9.18 Å². The molecule has 0 bridgehead atoms. The van der Waals surface area contributed by atoms with Gasteiger partial charge in [-0.3, -0.25) is 4.79 Å². The second-order valence-corrected chi connectivity index (χ2v) is 5.03. The molecule has 0 radical (unpaired) electrons. The average Bonchev–Trinajstić information content (AvgIpc) is 2.79. The number of hydrogen-bond donors (Lipinski definition) is 2. The normalized spacial score (nSPS) is 17.4. The smallest absolute Gasteiger partial charge is 0.255 e. The van der Waals surface area contributed by atoms with Crippen molar-refractivity contribution in [2.45, 2.75) is 31.2 Å². The number of amides is 1. The van der Waals surface area contributed by atoms with Gasteiger partial charge in [-0.15, -0.1) is 0 Å². The molecule has 0 aliphatic heterocycles. The summed E-state index contributed by atoms with van der Waals surface area (Å²) in [6.45, 7) is 0. The van der Waals surface area contributed by atoms with Crippen molar-refractivity contribution in [2.75, 3.05) is 0 Å². The molecule has 0 unspecified atom stereocenters. The van der Waals surface area contributed by atoms with E-state index >= 15 is 0 Å². The fourth-order valence-corrected chi connectivity index (χ4v) is 2.60. The number of nitrogens with two attached hydrogens (primary N) is 1. The van der Waals surface area contributed by atoms with Crippen LogP contribution in [-0.2, 0) is 0 Å². The Morgan fingerprint density at radius 3 is 2.50 bits per heavy atom. The van der Waals surface area contributed by atoms with Gasteiger partial charge in [0.05, 0.1) is 16.1 Å². The van der Waals surface area contributed by atoms with E-state index in [0.717, 1.165) is 25.7 Å². The Morgan fingerprint density at radius 2 is 1.94 bits per heavy atom. The minimum absolute atomic E-state index is 0.0278. The average molecular weight is 266 g/mol. The lowest BCUT2D eigenvalue weighted by molar-refractivity contribution is 0.0920. The Kier molecular flexibility index (Phi) is 3.61. The third-order valence-electron chi connectivity index (χ3n) is 3.40. The molecule has 1 aliphatic carbocycles. The first-order valence-electron chi connectivity index (χ1n) is 5.92. The van der Waals surface area contributed by atoms with E-state index in [1.807, 2.05) is 0 Å². The van der Waals surface area contributed by atoms with Crippen LogP contribution < -0.4 is 11.1 Å². The van der Waals surface area contributed by atoms with Gasteiger partial charge in [0, 0.05) is 0 Å². The molecule has 1 aliphatic rings. The number of hydrogen-bond acceptors (Lipinski definition) is 2. The third kappa shape index (κ3) is 2.36. The summed E-state index contributed by atoms with van der Waals surface area (Å²) in [4.78, 5) is 12.3. The molecule has 96 valence electrons. The highest BCUT2D eigenvalue weighted by molar-refractivity contribution is 7.80. The van der Waals surface area contributed by atoms with Crippen LogP contribution >= 0.6 is 12.2 Å². The first kappa shape index (κ1) is 13.0. The van der Waals surface area contributed by atoms with Crippen molar-refractivity contribution in [3.05, 3.63) is 35.6 Å². The molecule has 3 N–H and O–H groups in total. The van der Waals surface area contributed by atoms with Gasteiger partial charge in [0.2, 0.25) is 0 Å². The molecule has 1 fully saturated rings. The second-order valence-electron chi connectivity index (χ2n) is 4.59. The third-order valence-corrected chi connectivity index (χ3v) is 3.79. The van der Waals surface area contributed by atoms with Gasteiger partial charge in [-0.05, 0) is 25.0 Å². The summed E-state index contributed by atoms with van der Waals surface area (Å²) >= 11 is 5.04. The van der Waals surface area contributed by atoms with Gasteiger partial charge in [0.15, 0.2) is 0 Å². The summed E-state index contributed by atoms with van der Waals surface area (Å²) < 4.78 is 13.5. The number of thiocarbonyl (C=S) groups is 1. The number of nitrogens with one attached hydrogen (secondary N) is 1. The molecule has 1 saturated carbocycles. The minimum atomic E-state index is -0.644. The molecule has 18 heavy (non-hydrogen) atoms. The van der Waals surface area contributed by atoms with Crippen LogP contribution in [0.2, 0.25) is 0 Å². The minimum Gasteiger partial charge on any atom is -0.391 e. The molecule has 1 aromatic carbocycles. The van der Waals surface area contributed by atoms with Crippen LogP contribution in [0.4, 0.5) is 4.39 Å². The molecule has 1 amide bonds. The maximum absolute atomic E-state index is 13.5. The van der Waals surface area contributed by atoms with Crippen LogP contribution in [0.25, 0.3) is 0 Å². The Hall–Kier alpha value is -1.49. The highest BCUT2D eigenvalue weighted by Gasteiger charge is 2.38. The number of halogens is 1. The van der Waals surface area contributed by atoms with E-state index in [9.17, 15) is 9.18 Å². The number of benzene rings is 1. The zero-order valence-electron chi connectivity index (χ0n) is 9.91. The second kappa shape index (κ2) is 5.02. The number of carbonyl (C=O) groups excluding carboxylic acids is 1. The molecule has 0 saturated heterocycles. The highest BCUT2D eigenvalue weighted by Crippen LogP contribution is 2.30. The Bertz CT molecular complexity index is 484. The van der Waals surface area contributed by atoms with E-state index in [4.69, 9.17) is 18.0 Å². The molecule has 2 rings (SSSR count). The Balaban J connectivity index is 2.21. The zero-order chi connectivity index (χ0) is 13.2. The van der Waals surface area contributed by atoms with Crippen LogP contribution in [-0.4, -0.2) is 16.4 Å². The highest BCUT2D eigenvalue weighted by atomic mass is 32.1. The summed E-state index contributed by atoms with van der Waals surface area (Å²) in [5.74, 6) is -0.992. The predicted octanol–water partition coefficient (Wildman–Crippen LogP) is 2.15. The summed E-state index contributed by atoms with van der Waals surface area (Å²) in [7, 11) is 0. The zero-order valence-corrected chi connectivity index (χ0v) is 10.7. The Morgan fingerprint density at radius 1 is 1.33 bits per heavy atom. The van der Waals surface area contributed by atoms with Gasteiger partial charge in [0.25, 0.3) is 5.91 Å². The quantitative estimate of drug-likeness (QED) is 0.824. The van der Waals surface area contributed by atoms with Crippen molar-refractivity contribution in [2.24, 2.45) is 5.73 Å². The van der Waals surface area contributed by atoms with Gasteiger partial charge in [-0.1, -0.05) is 37.2 Å². The SMILES string of the molecule is NC(=S)C1(NC(=O)c2ccccc2F)CCCC1. The van der Waals surface area contributed by atoms with E-state index < -0.39 is 17.3 Å². The van der Waals surface area contributed by atoms with Crippen molar-refractivity contribution in [3.63, 3.8) is 0 Å². The maximum atomic E-state index is 13.5. The van der Waals surface area contributed by atoms with Crippen molar-refractivity contribution in [1.82, 2.24) is 5.32 Å². The van der Waals surface area contributed by atoms with Crippen molar-refractivity contribution in [3.8, 4) is 0 Å². The van der Waals surface area contributed by atoms with Crippen LogP contribution in [0.1, 0.15) is 36.0 Å². The van der Waals surface area contributed by atoms with Crippen LogP contribution in [0.3, 0.4) is 0 Å². The summed E-state index contributed by atoms with van der Waals surface area (Å²) in [5, 5.41) is 2.80. The Labute approximate surface area is 111 Å². The summed E-state index contributed by atoms with van der Waals surface area (Å²) in [6, 6.07) is 5.88. The molecule has 0 heterocycles. The van der Waals surface area contributed by atoms with E-state index in [0.29, 0.717) is 0 Å². The molecule has 0 spiro atoms. The molecule has 0 aromatic heterocycles. The number of rotatable bonds is 3. The van der Waals surface area contributed by atoms with E-state index in [-0.39, 0.29) is 10.6 Å². The van der Waals surface area contributed by atoms with Gasteiger partial charge in [0.1, 0.15) is 5.82 Å². The largest absolute Gasteiger partial charge is 0.391 e. The molecule has 3 nitrogen and oxygen atoms in total. The standard InChI is InChI=1S/C13H15FN2OS/c14-10-6-2-1-5-9(10)11(17)16-13(12(15)18)7-3-4-8-13/h1-2,5-6H,3-4,7-8H2,(H2,15,18)(H,16,17). The van der Waals surface area contributed by atoms with E-state index in [2.05, 4.69) is 5.32 Å². The molecule has 1 aromatic rings. The molecular weight excluding hydrogens is 251 g/mol. The monoisotopic (exact) mass is 266 g/mol. The lowest BCUT2D eigenvalue weighted by Crippen LogP contribution is -2.54. The van der Waals surface area contributed by atoms with Gasteiger partial charge in [-0.25, -0.2) is 4.39 Å². The lowest BCUT2D eigenvalue weighted by atomic mass is 9.97.